The smallest absolute Gasteiger partial charge is 0.244 e. The van der Waals surface area contributed by atoms with Gasteiger partial charge in [-0.15, -0.1) is 0 Å². The number of likely N-dealkylation sites (N-methyl/N-ethyl adjacent to an activating group) is 1. The topological polar surface area (TPSA) is 65.5 Å². The van der Waals surface area contributed by atoms with Crippen LogP contribution in [0.5, 0.6) is 0 Å². The molecule has 0 aromatic carbocycles. The van der Waals surface area contributed by atoms with Crippen LogP contribution in [0, 0.1) is 0 Å². The number of nitrogens with zero attached hydrogens (tertiary/aromatic N) is 3. The molecule has 0 bridgehead atoms. The predicted octanol–water partition coefficient (Wildman–Crippen LogP) is 1.09. The predicted molar refractivity (Wildman–Crippen MR) is 81.4 cm³/mol. The summed E-state index contributed by atoms with van der Waals surface area (Å²) in [5, 5.41) is 3.19. The van der Waals surface area contributed by atoms with Gasteiger partial charge in [0.15, 0.2) is 0 Å². The Hall–Kier alpha value is -1.18. The second-order valence-corrected chi connectivity index (χ2v) is 6.77. The zero-order valence-corrected chi connectivity index (χ0v) is 13.4. The monoisotopic (exact) mass is 300 g/mol. The normalized spacial score (nSPS) is 12.1. The lowest BCUT2D eigenvalue weighted by molar-refractivity contribution is 0.316. The van der Waals surface area contributed by atoms with Gasteiger partial charge in [0.05, 0.1) is 0 Å². The molecule has 0 saturated carbocycles. The number of nitrogens with one attached hydrogen (secondary N) is 1. The Morgan fingerprint density at radius 2 is 1.85 bits per heavy atom. The summed E-state index contributed by atoms with van der Waals surface area (Å²) in [7, 11) is -0.390. The molecule has 1 aromatic rings. The van der Waals surface area contributed by atoms with Gasteiger partial charge in [-0.3, -0.25) is 0 Å². The van der Waals surface area contributed by atoms with E-state index in [1.807, 2.05) is 0 Å². The molecule has 20 heavy (non-hydrogen) atoms. The van der Waals surface area contributed by atoms with Crippen molar-refractivity contribution in [2.24, 2.45) is 0 Å². The van der Waals surface area contributed by atoms with Crippen molar-refractivity contribution in [2.45, 2.75) is 18.7 Å². The van der Waals surface area contributed by atoms with E-state index in [-0.39, 0.29) is 4.90 Å². The summed E-state index contributed by atoms with van der Waals surface area (Å²) in [5.41, 5.74) is 0. The summed E-state index contributed by atoms with van der Waals surface area (Å²) >= 11 is 0. The maximum absolute atomic E-state index is 11.9. The maximum atomic E-state index is 11.9. The van der Waals surface area contributed by atoms with E-state index in [1.165, 1.54) is 24.6 Å². The maximum Gasteiger partial charge on any atom is 0.244 e. The third-order valence-electron chi connectivity index (χ3n) is 3.14. The van der Waals surface area contributed by atoms with E-state index in [0.717, 1.165) is 26.2 Å². The average molecular weight is 300 g/mol. The molecule has 1 N–H and O–H groups in total. The van der Waals surface area contributed by atoms with Gasteiger partial charge in [-0.2, -0.15) is 0 Å². The third kappa shape index (κ3) is 4.43. The fourth-order valence-corrected chi connectivity index (χ4v) is 2.58. The molecule has 0 aliphatic rings. The van der Waals surface area contributed by atoms with E-state index in [2.05, 4.69) is 29.0 Å². The molecule has 114 valence electrons. The summed E-state index contributed by atoms with van der Waals surface area (Å²) < 4.78 is 24.9. The lowest BCUT2D eigenvalue weighted by Gasteiger charge is -2.18. The van der Waals surface area contributed by atoms with Gasteiger partial charge in [-0.05, 0) is 25.2 Å². The van der Waals surface area contributed by atoms with Crippen LogP contribution < -0.4 is 5.32 Å². The van der Waals surface area contributed by atoms with Crippen molar-refractivity contribution in [1.29, 1.82) is 0 Å². The van der Waals surface area contributed by atoms with E-state index in [0.29, 0.717) is 5.82 Å². The van der Waals surface area contributed by atoms with Crippen molar-refractivity contribution in [1.82, 2.24) is 14.2 Å². The molecule has 0 aliphatic carbocycles. The lowest BCUT2D eigenvalue weighted by atomic mass is 10.4. The number of rotatable bonds is 8. The highest BCUT2D eigenvalue weighted by atomic mass is 32.2. The first-order chi connectivity index (χ1) is 9.41. The fraction of sp³-hybridized carbons (Fsp3) is 0.615. The van der Waals surface area contributed by atoms with Crippen LogP contribution in [0.1, 0.15) is 13.8 Å². The zero-order chi connectivity index (χ0) is 15.2. The molecule has 0 saturated heterocycles. The molecule has 0 aliphatic heterocycles. The summed E-state index contributed by atoms with van der Waals surface area (Å²) in [4.78, 5) is 6.65. The molecule has 0 amide bonds. The number of hydrogen-bond donors (Lipinski definition) is 1. The number of pyridine rings is 1. The minimum absolute atomic E-state index is 0.205. The van der Waals surface area contributed by atoms with Gasteiger partial charge < -0.3 is 10.2 Å². The fourth-order valence-electron chi connectivity index (χ4n) is 1.73. The Morgan fingerprint density at radius 3 is 2.30 bits per heavy atom. The Balaban J connectivity index is 2.60. The molecule has 0 fully saturated rings. The highest BCUT2D eigenvalue weighted by Crippen LogP contribution is 2.13. The second kappa shape index (κ2) is 7.56. The molecular weight excluding hydrogens is 276 g/mol. The molecule has 0 unspecified atom stereocenters. The van der Waals surface area contributed by atoms with Crippen molar-refractivity contribution in [3.8, 4) is 0 Å². The quantitative estimate of drug-likeness (QED) is 0.778. The highest BCUT2D eigenvalue weighted by Gasteiger charge is 2.17. The number of hydrogen-bond acceptors (Lipinski definition) is 5. The standard InChI is InChI=1S/C13H24N4O2S/c1-5-17(6-2)10-9-14-13-8-7-12(11-15-13)20(18,19)16(3)4/h7-8,11H,5-6,9-10H2,1-4H3,(H,14,15). The Morgan fingerprint density at radius 1 is 1.20 bits per heavy atom. The Bertz CT molecular complexity index is 496. The van der Waals surface area contributed by atoms with E-state index >= 15 is 0 Å². The van der Waals surface area contributed by atoms with Crippen molar-refractivity contribution in [2.75, 3.05) is 45.6 Å². The van der Waals surface area contributed by atoms with Gasteiger partial charge in [0.2, 0.25) is 10.0 Å². The molecule has 1 rings (SSSR count). The van der Waals surface area contributed by atoms with Gasteiger partial charge in [0.25, 0.3) is 0 Å². The highest BCUT2D eigenvalue weighted by molar-refractivity contribution is 7.89. The van der Waals surface area contributed by atoms with Crippen molar-refractivity contribution in [3.05, 3.63) is 18.3 Å². The van der Waals surface area contributed by atoms with Crippen LogP contribution >= 0.6 is 0 Å². The van der Waals surface area contributed by atoms with E-state index < -0.39 is 10.0 Å². The van der Waals surface area contributed by atoms with Crippen LogP contribution in [-0.4, -0.2) is 62.9 Å². The molecule has 1 aromatic heterocycles. The molecule has 0 radical (unpaired) electrons. The van der Waals surface area contributed by atoms with Gasteiger partial charge in [-0.25, -0.2) is 17.7 Å². The summed E-state index contributed by atoms with van der Waals surface area (Å²) in [6, 6.07) is 3.26. The lowest BCUT2D eigenvalue weighted by Crippen LogP contribution is -2.28. The number of sulfonamides is 1. The summed E-state index contributed by atoms with van der Waals surface area (Å²) in [6.45, 7) is 8.02. The molecule has 6 nitrogen and oxygen atoms in total. The van der Waals surface area contributed by atoms with Crippen molar-refractivity contribution >= 4 is 15.8 Å². The van der Waals surface area contributed by atoms with E-state index in [4.69, 9.17) is 0 Å². The Kier molecular flexibility index (Phi) is 6.38. The van der Waals surface area contributed by atoms with Crippen LogP contribution in [0.4, 0.5) is 5.82 Å². The molecule has 7 heteroatoms. The molecular formula is C13H24N4O2S. The first-order valence-corrected chi connectivity index (χ1v) is 8.20. The van der Waals surface area contributed by atoms with Crippen LogP contribution in [0.2, 0.25) is 0 Å². The van der Waals surface area contributed by atoms with Gasteiger partial charge in [-0.1, -0.05) is 13.8 Å². The first kappa shape index (κ1) is 16.9. The van der Waals surface area contributed by atoms with Crippen molar-refractivity contribution < 1.29 is 8.42 Å². The number of aromatic nitrogens is 1. The largest absolute Gasteiger partial charge is 0.369 e. The van der Waals surface area contributed by atoms with E-state index in [1.54, 1.807) is 12.1 Å². The van der Waals surface area contributed by atoms with Gasteiger partial charge >= 0.3 is 0 Å². The zero-order valence-electron chi connectivity index (χ0n) is 12.6. The van der Waals surface area contributed by atoms with Crippen molar-refractivity contribution in [3.63, 3.8) is 0 Å². The number of anilines is 1. The SMILES string of the molecule is CCN(CC)CCNc1ccc(S(=O)(=O)N(C)C)cn1. The van der Waals surface area contributed by atoms with Crippen LogP contribution in [0.3, 0.4) is 0 Å². The van der Waals surface area contributed by atoms with Crippen LogP contribution in [0.15, 0.2) is 23.2 Å². The van der Waals surface area contributed by atoms with Gasteiger partial charge in [0, 0.05) is 33.4 Å². The minimum Gasteiger partial charge on any atom is -0.369 e. The summed E-state index contributed by atoms with van der Waals surface area (Å²) in [6.07, 6.45) is 1.38. The van der Waals surface area contributed by atoms with Gasteiger partial charge in [0.1, 0.15) is 10.7 Å². The average Bonchev–Trinajstić information content (AvgIpc) is 2.44. The van der Waals surface area contributed by atoms with Crippen LogP contribution in [-0.2, 0) is 10.0 Å². The minimum atomic E-state index is -3.40. The Labute approximate surface area is 121 Å². The van der Waals surface area contributed by atoms with E-state index in [9.17, 15) is 8.42 Å². The summed E-state index contributed by atoms with van der Waals surface area (Å²) in [5.74, 6) is 0.690. The third-order valence-corrected chi connectivity index (χ3v) is 4.94. The van der Waals surface area contributed by atoms with Crippen LogP contribution in [0.25, 0.3) is 0 Å². The second-order valence-electron chi connectivity index (χ2n) is 4.62. The molecule has 0 spiro atoms. The first-order valence-electron chi connectivity index (χ1n) is 6.76. The molecule has 0 atom stereocenters. The molecule has 1 heterocycles.